The number of hydrogen-bond donors (Lipinski definition) is 1. The molecule has 1 aliphatic carbocycles. The summed E-state index contributed by atoms with van der Waals surface area (Å²) < 4.78 is 11.8. The molecule has 3 fully saturated rings. The average Bonchev–Trinajstić information content (AvgIpc) is 3.51. The summed E-state index contributed by atoms with van der Waals surface area (Å²) in [5, 5.41) is 3.09. The molecular formula is C23H26N2O3. The fourth-order valence-electron chi connectivity index (χ4n) is 6.28. The molecule has 4 heterocycles. The molecular weight excluding hydrogens is 352 g/mol. The monoisotopic (exact) mass is 378 g/mol. The first kappa shape index (κ1) is 16.8. The topological polar surface area (TPSA) is 54.7 Å². The van der Waals surface area contributed by atoms with Crippen molar-refractivity contribution in [2.45, 2.75) is 43.4 Å². The molecule has 4 atom stereocenters. The second-order valence-corrected chi connectivity index (χ2v) is 8.98. The largest absolute Gasteiger partial charge is 0.459 e. The molecule has 5 heteroatoms. The Balaban J connectivity index is 1.15. The number of amides is 1. The predicted molar refractivity (Wildman–Crippen MR) is 104 cm³/mol. The van der Waals surface area contributed by atoms with E-state index in [0.29, 0.717) is 36.3 Å². The van der Waals surface area contributed by atoms with Gasteiger partial charge in [-0.25, -0.2) is 0 Å². The van der Waals surface area contributed by atoms with Gasteiger partial charge in [0.25, 0.3) is 5.91 Å². The van der Waals surface area contributed by atoms with E-state index >= 15 is 0 Å². The molecule has 5 nitrogen and oxygen atoms in total. The molecule has 1 amide bonds. The Kier molecular flexibility index (Phi) is 3.72. The van der Waals surface area contributed by atoms with Crippen molar-refractivity contribution in [2.75, 3.05) is 19.6 Å². The highest BCUT2D eigenvalue weighted by atomic mass is 16.5. The Bertz CT molecular complexity index is 870. The molecule has 0 radical (unpaired) electrons. The van der Waals surface area contributed by atoms with Gasteiger partial charge in [0.1, 0.15) is 0 Å². The van der Waals surface area contributed by atoms with E-state index in [0.717, 1.165) is 32.4 Å². The number of furan rings is 1. The van der Waals surface area contributed by atoms with Gasteiger partial charge in [0.05, 0.1) is 18.0 Å². The van der Waals surface area contributed by atoms with Crippen molar-refractivity contribution in [3.63, 3.8) is 0 Å². The van der Waals surface area contributed by atoms with Crippen molar-refractivity contribution >= 4 is 5.91 Å². The van der Waals surface area contributed by atoms with Crippen LogP contribution in [0.3, 0.4) is 0 Å². The zero-order valence-electron chi connectivity index (χ0n) is 16.0. The van der Waals surface area contributed by atoms with Crippen LogP contribution in [0, 0.1) is 11.8 Å². The van der Waals surface area contributed by atoms with Crippen LogP contribution >= 0.6 is 0 Å². The van der Waals surface area contributed by atoms with E-state index in [2.05, 4.69) is 34.5 Å². The van der Waals surface area contributed by atoms with Gasteiger partial charge in [-0.3, -0.25) is 9.69 Å². The van der Waals surface area contributed by atoms with Crippen LogP contribution < -0.4 is 5.32 Å². The van der Waals surface area contributed by atoms with Crippen molar-refractivity contribution in [1.82, 2.24) is 10.2 Å². The second kappa shape index (κ2) is 6.19. The number of nitrogens with zero attached hydrogens (tertiary/aromatic N) is 1. The van der Waals surface area contributed by atoms with Crippen LogP contribution in [0.1, 0.15) is 34.5 Å². The zero-order valence-corrected chi connectivity index (χ0v) is 16.0. The summed E-state index contributed by atoms with van der Waals surface area (Å²) >= 11 is 0. The molecule has 2 aromatic rings. The van der Waals surface area contributed by atoms with Crippen molar-refractivity contribution in [2.24, 2.45) is 11.8 Å². The minimum atomic E-state index is -0.122. The lowest BCUT2D eigenvalue weighted by molar-refractivity contribution is -0.000757. The first-order chi connectivity index (χ1) is 13.7. The summed E-state index contributed by atoms with van der Waals surface area (Å²) in [4.78, 5) is 15.0. The van der Waals surface area contributed by atoms with Gasteiger partial charge >= 0.3 is 0 Å². The van der Waals surface area contributed by atoms with Crippen LogP contribution in [0.15, 0.2) is 47.1 Å². The molecule has 1 aromatic carbocycles. The van der Waals surface area contributed by atoms with Crippen LogP contribution in [-0.4, -0.2) is 48.2 Å². The van der Waals surface area contributed by atoms with Gasteiger partial charge in [-0.1, -0.05) is 24.3 Å². The standard InChI is InChI=1S/C23H26N2O3/c26-22(21-6-3-9-27-21)24-12-18-19-13-25(14-23(19)8-7-20(18)28-23)17-10-15-4-1-2-5-16(15)11-17/h1-6,9,17-20H,7-8,10-14H2,(H,24,26)/t18-,19+,20+,23+/m0/s1. The number of ether oxygens (including phenoxy) is 1. The van der Waals surface area contributed by atoms with E-state index in [9.17, 15) is 4.79 Å². The molecule has 3 saturated heterocycles. The van der Waals surface area contributed by atoms with Gasteiger partial charge in [-0.2, -0.15) is 0 Å². The fourth-order valence-corrected chi connectivity index (χ4v) is 6.28. The van der Waals surface area contributed by atoms with E-state index < -0.39 is 0 Å². The molecule has 0 saturated carbocycles. The van der Waals surface area contributed by atoms with Crippen molar-refractivity contribution in [3.05, 3.63) is 59.5 Å². The summed E-state index contributed by atoms with van der Waals surface area (Å²) in [7, 11) is 0. The van der Waals surface area contributed by atoms with Gasteiger partial charge in [0.2, 0.25) is 0 Å². The van der Waals surface area contributed by atoms with Crippen molar-refractivity contribution in [3.8, 4) is 0 Å². The summed E-state index contributed by atoms with van der Waals surface area (Å²) in [6.07, 6.45) is 6.44. The highest BCUT2D eigenvalue weighted by molar-refractivity contribution is 5.91. The maximum absolute atomic E-state index is 12.3. The normalized spacial score (nSPS) is 33.9. The van der Waals surface area contributed by atoms with Gasteiger partial charge in [0, 0.05) is 37.5 Å². The molecule has 6 rings (SSSR count). The van der Waals surface area contributed by atoms with Gasteiger partial charge in [0.15, 0.2) is 5.76 Å². The van der Waals surface area contributed by atoms with E-state index in [1.165, 1.54) is 17.5 Å². The third-order valence-corrected chi connectivity index (χ3v) is 7.60. The summed E-state index contributed by atoms with van der Waals surface area (Å²) in [6, 6.07) is 12.9. The van der Waals surface area contributed by atoms with Crippen LogP contribution in [0.25, 0.3) is 0 Å². The number of carbonyl (C=O) groups is 1. The van der Waals surface area contributed by atoms with Crippen molar-refractivity contribution in [1.29, 1.82) is 0 Å². The zero-order chi connectivity index (χ0) is 18.7. The first-order valence-corrected chi connectivity index (χ1v) is 10.5. The fraction of sp³-hybridized carbons (Fsp3) is 0.522. The molecule has 2 bridgehead atoms. The lowest BCUT2D eigenvalue weighted by Crippen LogP contribution is -2.41. The molecule has 28 heavy (non-hydrogen) atoms. The van der Waals surface area contributed by atoms with E-state index in [1.54, 1.807) is 18.4 Å². The molecule has 0 unspecified atom stereocenters. The Hall–Kier alpha value is -2.11. The Morgan fingerprint density at radius 3 is 2.75 bits per heavy atom. The maximum Gasteiger partial charge on any atom is 0.286 e. The Morgan fingerprint density at radius 2 is 2.00 bits per heavy atom. The lowest BCUT2D eigenvalue weighted by atomic mass is 9.73. The average molecular weight is 378 g/mol. The molecule has 1 N–H and O–H groups in total. The van der Waals surface area contributed by atoms with Crippen molar-refractivity contribution < 1.29 is 13.9 Å². The van der Waals surface area contributed by atoms with Gasteiger partial charge < -0.3 is 14.5 Å². The van der Waals surface area contributed by atoms with Crippen LogP contribution in [0.2, 0.25) is 0 Å². The van der Waals surface area contributed by atoms with Crippen LogP contribution in [0.5, 0.6) is 0 Å². The number of carbonyl (C=O) groups excluding carboxylic acids is 1. The summed E-state index contributed by atoms with van der Waals surface area (Å²) in [6.45, 7) is 2.82. The quantitative estimate of drug-likeness (QED) is 0.889. The molecule has 3 aliphatic heterocycles. The van der Waals surface area contributed by atoms with Crippen LogP contribution in [0.4, 0.5) is 0 Å². The van der Waals surface area contributed by atoms with Gasteiger partial charge in [-0.15, -0.1) is 0 Å². The molecule has 146 valence electrons. The highest BCUT2D eigenvalue weighted by Gasteiger charge is 2.63. The third-order valence-electron chi connectivity index (χ3n) is 7.60. The highest BCUT2D eigenvalue weighted by Crippen LogP contribution is 2.55. The molecule has 4 aliphatic rings. The maximum atomic E-state index is 12.3. The minimum Gasteiger partial charge on any atom is -0.459 e. The Labute approximate surface area is 165 Å². The predicted octanol–water partition coefficient (Wildman–Crippen LogP) is 2.66. The van der Waals surface area contributed by atoms with Crippen LogP contribution in [-0.2, 0) is 17.6 Å². The smallest absolute Gasteiger partial charge is 0.286 e. The summed E-state index contributed by atoms with van der Waals surface area (Å²) in [5.41, 5.74) is 3.03. The number of fused-ring (bicyclic) bond motifs is 2. The number of nitrogens with one attached hydrogen (secondary N) is 1. The SMILES string of the molecule is O=C(NC[C@H]1[C@H]2CN(C3Cc4ccccc4C3)C[C@]23CC[C@H]1O3)c1ccco1. The van der Waals surface area contributed by atoms with Gasteiger partial charge in [-0.05, 0) is 48.9 Å². The van der Waals surface area contributed by atoms with E-state index in [1.807, 2.05) is 0 Å². The lowest BCUT2D eigenvalue weighted by Gasteiger charge is -2.29. The molecule has 1 spiro atoms. The molecule has 1 aromatic heterocycles. The van der Waals surface area contributed by atoms with E-state index in [4.69, 9.17) is 9.15 Å². The number of benzene rings is 1. The first-order valence-electron chi connectivity index (χ1n) is 10.5. The summed E-state index contributed by atoms with van der Waals surface area (Å²) in [5.74, 6) is 1.19. The second-order valence-electron chi connectivity index (χ2n) is 8.98. The van der Waals surface area contributed by atoms with E-state index in [-0.39, 0.29) is 11.5 Å². The Morgan fingerprint density at radius 1 is 1.18 bits per heavy atom. The third kappa shape index (κ3) is 2.49. The number of hydrogen-bond acceptors (Lipinski definition) is 4. The minimum absolute atomic E-state index is 0.0134. The number of likely N-dealkylation sites (tertiary alicyclic amines) is 1. The number of rotatable bonds is 4.